The number of carbonyl (C=O) groups is 2. The molecule has 0 bridgehead atoms. The van der Waals surface area contributed by atoms with Crippen LogP contribution in [0.1, 0.15) is 66.7 Å². The normalized spacial score (nSPS) is 11.5. The summed E-state index contributed by atoms with van der Waals surface area (Å²) in [6.45, 7) is 16.3. The third-order valence-electron chi connectivity index (χ3n) is 2.61. The Morgan fingerprint density at radius 1 is 1.05 bits per heavy atom. The van der Waals surface area contributed by atoms with Crippen LogP contribution >= 0.6 is 0 Å². The van der Waals surface area contributed by atoms with Gasteiger partial charge < -0.3 is 9.47 Å². The van der Waals surface area contributed by atoms with Crippen molar-refractivity contribution >= 4 is 11.9 Å². The third kappa shape index (κ3) is 16.5. The number of hydrogen-bond acceptors (Lipinski definition) is 4. The van der Waals surface area contributed by atoms with Crippen LogP contribution in [0, 0.1) is 0 Å². The summed E-state index contributed by atoms with van der Waals surface area (Å²) in [4.78, 5) is 21.4. The monoisotopic (exact) mass is 312 g/mol. The molecule has 0 N–H and O–H groups in total. The van der Waals surface area contributed by atoms with Gasteiger partial charge in [0.1, 0.15) is 11.7 Å². The third-order valence-corrected chi connectivity index (χ3v) is 2.61. The molecule has 0 aromatic carbocycles. The molecule has 0 radical (unpaired) electrons. The zero-order valence-corrected chi connectivity index (χ0v) is 14.8. The van der Waals surface area contributed by atoms with Gasteiger partial charge in [-0.25, -0.2) is 9.59 Å². The molecular formula is C18H32O4. The Balaban J connectivity index is 0. The second-order valence-corrected chi connectivity index (χ2v) is 5.90. The van der Waals surface area contributed by atoms with Gasteiger partial charge in [0, 0.05) is 12.2 Å². The molecule has 0 saturated heterocycles. The Kier molecular flexibility index (Phi) is 13.5. The lowest BCUT2D eigenvalue weighted by Gasteiger charge is -2.17. The van der Waals surface area contributed by atoms with E-state index in [9.17, 15) is 9.59 Å². The van der Waals surface area contributed by atoms with Crippen LogP contribution in [0.2, 0.25) is 0 Å². The molecule has 0 aliphatic carbocycles. The lowest BCUT2D eigenvalue weighted by atomic mass is 10.1. The molecule has 0 heterocycles. The summed E-state index contributed by atoms with van der Waals surface area (Å²) >= 11 is 0. The summed E-state index contributed by atoms with van der Waals surface area (Å²) in [6, 6.07) is 0. The van der Waals surface area contributed by atoms with Crippen LogP contribution in [0.25, 0.3) is 0 Å². The van der Waals surface area contributed by atoms with Gasteiger partial charge in [0.05, 0.1) is 0 Å². The molecule has 128 valence electrons. The highest BCUT2D eigenvalue weighted by molar-refractivity contribution is 5.81. The van der Waals surface area contributed by atoms with Crippen LogP contribution in [-0.2, 0) is 19.1 Å². The minimum atomic E-state index is -0.398. The topological polar surface area (TPSA) is 52.6 Å². The molecule has 0 rings (SSSR count). The summed E-state index contributed by atoms with van der Waals surface area (Å²) in [6.07, 6.45) is 7.88. The number of ether oxygens (including phenoxy) is 2. The molecule has 22 heavy (non-hydrogen) atoms. The predicted octanol–water partition coefficient (Wildman–Crippen LogP) is 4.59. The lowest BCUT2D eigenvalue weighted by Crippen LogP contribution is -2.22. The minimum Gasteiger partial charge on any atom is -0.459 e. The summed E-state index contributed by atoms with van der Waals surface area (Å²) in [7, 11) is 0. The van der Waals surface area contributed by atoms with Crippen molar-refractivity contribution in [1.29, 1.82) is 0 Å². The van der Waals surface area contributed by atoms with Crippen molar-refractivity contribution in [2.45, 2.75) is 78.4 Å². The summed E-state index contributed by atoms with van der Waals surface area (Å²) in [5.41, 5.74) is -0.398. The van der Waals surface area contributed by atoms with Crippen molar-refractivity contribution in [2.24, 2.45) is 0 Å². The van der Waals surface area contributed by atoms with Crippen LogP contribution in [0.4, 0.5) is 0 Å². The van der Waals surface area contributed by atoms with Gasteiger partial charge in [-0.2, -0.15) is 0 Å². The van der Waals surface area contributed by atoms with E-state index in [1.165, 1.54) is 18.9 Å². The van der Waals surface area contributed by atoms with E-state index in [0.29, 0.717) is 0 Å². The summed E-state index contributed by atoms with van der Waals surface area (Å²) in [5.74, 6) is -0.675. The van der Waals surface area contributed by atoms with Crippen molar-refractivity contribution in [3.63, 3.8) is 0 Å². The van der Waals surface area contributed by atoms with Crippen molar-refractivity contribution in [1.82, 2.24) is 0 Å². The van der Waals surface area contributed by atoms with Gasteiger partial charge in [-0.15, -0.1) is 0 Å². The highest BCUT2D eigenvalue weighted by atomic mass is 16.6. The average Bonchev–Trinajstić information content (AvgIpc) is 2.45. The van der Waals surface area contributed by atoms with Gasteiger partial charge >= 0.3 is 11.9 Å². The van der Waals surface area contributed by atoms with Crippen molar-refractivity contribution in [3.05, 3.63) is 25.3 Å². The first-order chi connectivity index (χ1) is 10.2. The van der Waals surface area contributed by atoms with Crippen LogP contribution in [-0.4, -0.2) is 23.6 Å². The van der Waals surface area contributed by atoms with Gasteiger partial charge in [0.2, 0.25) is 0 Å². The first-order valence-corrected chi connectivity index (χ1v) is 7.88. The van der Waals surface area contributed by atoms with Crippen molar-refractivity contribution < 1.29 is 19.1 Å². The fourth-order valence-electron chi connectivity index (χ4n) is 1.52. The molecule has 0 saturated carbocycles. The van der Waals surface area contributed by atoms with E-state index in [1.54, 1.807) is 0 Å². The minimum absolute atomic E-state index is 0.0806. The van der Waals surface area contributed by atoms with Crippen molar-refractivity contribution in [2.75, 3.05) is 0 Å². The Morgan fingerprint density at radius 3 is 1.91 bits per heavy atom. The molecule has 0 fully saturated rings. The standard InChI is InChI=1S/C11H20O2.C7H12O2/c1-4-7-8-9-10(5-2)13-11(12)6-3;1-5-6(8)9-7(2,3)4/h6,10H,3-5,7-9H2,1-2H3;5H,1H2,2-4H3. The van der Waals surface area contributed by atoms with Crippen LogP contribution in [0.15, 0.2) is 25.3 Å². The maximum Gasteiger partial charge on any atom is 0.330 e. The van der Waals surface area contributed by atoms with Gasteiger partial charge in [-0.05, 0) is 40.0 Å². The first kappa shape index (κ1) is 22.7. The van der Waals surface area contributed by atoms with Gasteiger partial charge in [0.15, 0.2) is 0 Å². The SMILES string of the molecule is C=CC(=O)OC(C)(C)C.C=CC(=O)OC(CC)CCCCC. The van der Waals surface area contributed by atoms with Crippen LogP contribution in [0.3, 0.4) is 0 Å². The number of rotatable bonds is 8. The molecule has 0 aliphatic rings. The highest BCUT2D eigenvalue weighted by Gasteiger charge is 2.13. The van der Waals surface area contributed by atoms with E-state index >= 15 is 0 Å². The number of hydrogen-bond donors (Lipinski definition) is 0. The molecule has 0 aromatic heterocycles. The van der Waals surface area contributed by atoms with Gasteiger partial charge in [0.25, 0.3) is 0 Å². The molecule has 1 unspecified atom stereocenters. The summed E-state index contributed by atoms with van der Waals surface area (Å²) in [5, 5.41) is 0. The number of esters is 2. The highest BCUT2D eigenvalue weighted by Crippen LogP contribution is 2.10. The van der Waals surface area contributed by atoms with E-state index < -0.39 is 5.60 Å². The van der Waals surface area contributed by atoms with Crippen LogP contribution < -0.4 is 0 Å². The zero-order chi connectivity index (χ0) is 17.6. The largest absolute Gasteiger partial charge is 0.459 e. The molecule has 0 spiro atoms. The van der Waals surface area contributed by atoms with E-state index in [4.69, 9.17) is 9.47 Å². The first-order valence-electron chi connectivity index (χ1n) is 7.88. The van der Waals surface area contributed by atoms with Gasteiger partial charge in [-0.3, -0.25) is 0 Å². The Hall–Kier alpha value is -1.58. The van der Waals surface area contributed by atoms with E-state index in [1.807, 2.05) is 27.7 Å². The van der Waals surface area contributed by atoms with E-state index in [-0.39, 0.29) is 18.0 Å². The summed E-state index contributed by atoms with van der Waals surface area (Å²) < 4.78 is 9.97. The fraction of sp³-hybridized carbons (Fsp3) is 0.667. The molecule has 0 aliphatic heterocycles. The zero-order valence-electron chi connectivity index (χ0n) is 14.8. The fourth-order valence-corrected chi connectivity index (χ4v) is 1.52. The second kappa shape index (κ2) is 13.1. The molecule has 4 nitrogen and oxygen atoms in total. The number of unbranched alkanes of at least 4 members (excludes halogenated alkanes) is 2. The molecule has 0 aromatic rings. The predicted molar refractivity (Wildman–Crippen MR) is 90.6 cm³/mol. The Bertz CT molecular complexity index is 339. The van der Waals surface area contributed by atoms with E-state index in [2.05, 4.69) is 20.1 Å². The lowest BCUT2D eigenvalue weighted by molar-refractivity contribution is -0.148. The van der Waals surface area contributed by atoms with E-state index in [0.717, 1.165) is 25.3 Å². The second-order valence-electron chi connectivity index (χ2n) is 5.90. The molecule has 1 atom stereocenters. The smallest absolute Gasteiger partial charge is 0.330 e. The number of carbonyl (C=O) groups excluding carboxylic acids is 2. The average molecular weight is 312 g/mol. The van der Waals surface area contributed by atoms with Gasteiger partial charge in [-0.1, -0.05) is 39.8 Å². The molecule has 0 amide bonds. The Morgan fingerprint density at radius 2 is 1.59 bits per heavy atom. The quantitative estimate of drug-likeness (QED) is 0.374. The maximum atomic E-state index is 10.9. The maximum absolute atomic E-state index is 10.9. The molecule has 4 heteroatoms. The molecular weight excluding hydrogens is 280 g/mol. The Labute approximate surface area is 135 Å². The van der Waals surface area contributed by atoms with Crippen molar-refractivity contribution in [3.8, 4) is 0 Å². The van der Waals surface area contributed by atoms with Crippen LogP contribution in [0.5, 0.6) is 0 Å².